The van der Waals surface area contributed by atoms with Crippen LogP contribution in [0.4, 0.5) is 5.69 Å². The fourth-order valence-electron chi connectivity index (χ4n) is 2.54. The SMILES string of the molecule is CCS(=O)(=O)Nc1ccc(OCCNCC2COc3ccccc3O2)cc1. The first-order valence-electron chi connectivity index (χ1n) is 8.88. The smallest absolute Gasteiger partial charge is 0.232 e. The summed E-state index contributed by atoms with van der Waals surface area (Å²) in [6, 6.07) is 14.5. The minimum absolute atomic E-state index is 0.0363. The molecule has 1 aliphatic heterocycles. The summed E-state index contributed by atoms with van der Waals surface area (Å²) in [5.41, 5.74) is 0.525. The van der Waals surface area contributed by atoms with Crippen LogP contribution in [0.1, 0.15) is 6.92 Å². The second-order valence-electron chi connectivity index (χ2n) is 6.08. The monoisotopic (exact) mass is 392 g/mol. The molecule has 0 spiro atoms. The fraction of sp³-hybridized carbons (Fsp3) is 0.368. The van der Waals surface area contributed by atoms with Crippen LogP contribution in [-0.2, 0) is 10.0 Å². The van der Waals surface area contributed by atoms with Gasteiger partial charge >= 0.3 is 0 Å². The van der Waals surface area contributed by atoms with E-state index in [0.717, 1.165) is 11.5 Å². The highest BCUT2D eigenvalue weighted by Crippen LogP contribution is 2.30. The molecule has 146 valence electrons. The summed E-state index contributed by atoms with van der Waals surface area (Å²) in [5.74, 6) is 2.27. The van der Waals surface area contributed by atoms with E-state index in [0.29, 0.717) is 37.7 Å². The van der Waals surface area contributed by atoms with Gasteiger partial charge in [-0.3, -0.25) is 4.72 Å². The van der Waals surface area contributed by atoms with Crippen molar-refractivity contribution in [2.24, 2.45) is 0 Å². The van der Waals surface area contributed by atoms with Gasteiger partial charge in [0.2, 0.25) is 10.0 Å². The van der Waals surface area contributed by atoms with Crippen LogP contribution in [0.15, 0.2) is 48.5 Å². The first-order valence-corrected chi connectivity index (χ1v) is 10.5. The van der Waals surface area contributed by atoms with Gasteiger partial charge in [-0.05, 0) is 43.3 Å². The van der Waals surface area contributed by atoms with Crippen LogP contribution in [0.3, 0.4) is 0 Å². The Morgan fingerprint density at radius 1 is 1.11 bits per heavy atom. The molecule has 0 amide bonds. The molecule has 0 bridgehead atoms. The summed E-state index contributed by atoms with van der Waals surface area (Å²) in [4.78, 5) is 0. The Morgan fingerprint density at radius 2 is 1.85 bits per heavy atom. The first kappa shape index (κ1) is 19.3. The molecule has 2 aromatic rings. The van der Waals surface area contributed by atoms with Crippen molar-refractivity contribution in [2.75, 3.05) is 36.8 Å². The van der Waals surface area contributed by atoms with E-state index in [1.165, 1.54) is 0 Å². The quantitative estimate of drug-likeness (QED) is 0.637. The minimum atomic E-state index is -3.26. The Bertz CT molecular complexity index is 839. The maximum absolute atomic E-state index is 11.5. The highest BCUT2D eigenvalue weighted by molar-refractivity contribution is 7.92. The van der Waals surface area contributed by atoms with Gasteiger partial charge in [0.05, 0.1) is 5.75 Å². The summed E-state index contributed by atoms with van der Waals surface area (Å²) < 4.78 is 42.7. The van der Waals surface area contributed by atoms with Gasteiger partial charge in [0, 0.05) is 18.8 Å². The van der Waals surface area contributed by atoms with Crippen molar-refractivity contribution in [1.82, 2.24) is 5.32 Å². The molecule has 2 aromatic carbocycles. The Morgan fingerprint density at radius 3 is 2.59 bits per heavy atom. The molecule has 1 unspecified atom stereocenters. The number of anilines is 1. The number of para-hydroxylation sites is 2. The van der Waals surface area contributed by atoms with E-state index in [-0.39, 0.29) is 11.9 Å². The predicted octanol–water partition coefficient (Wildman–Crippen LogP) is 2.26. The van der Waals surface area contributed by atoms with Crippen LogP contribution in [0.25, 0.3) is 0 Å². The van der Waals surface area contributed by atoms with Gasteiger partial charge in [-0.15, -0.1) is 0 Å². The van der Waals surface area contributed by atoms with Crippen molar-refractivity contribution in [3.63, 3.8) is 0 Å². The van der Waals surface area contributed by atoms with E-state index in [2.05, 4.69) is 10.0 Å². The molecule has 8 heteroatoms. The molecule has 2 N–H and O–H groups in total. The molecule has 3 rings (SSSR count). The number of ether oxygens (including phenoxy) is 3. The minimum Gasteiger partial charge on any atom is -0.492 e. The van der Waals surface area contributed by atoms with Crippen LogP contribution < -0.4 is 24.2 Å². The zero-order chi connectivity index (χ0) is 19.1. The van der Waals surface area contributed by atoms with E-state index in [4.69, 9.17) is 14.2 Å². The molecular formula is C19H24N2O5S. The number of sulfonamides is 1. The van der Waals surface area contributed by atoms with Crippen LogP contribution in [0.5, 0.6) is 17.2 Å². The van der Waals surface area contributed by atoms with E-state index in [9.17, 15) is 8.42 Å². The molecule has 7 nitrogen and oxygen atoms in total. The predicted molar refractivity (Wildman–Crippen MR) is 104 cm³/mol. The maximum Gasteiger partial charge on any atom is 0.232 e. The second kappa shape index (κ2) is 8.96. The van der Waals surface area contributed by atoms with Crippen molar-refractivity contribution in [2.45, 2.75) is 13.0 Å². The average molecular weight is 392 g/mol. The fourth-order valence-corrected chi connectivity index (χ4v) is 3.18. The highest BCUT2D eigenvalue weighted by Gasteiger charge is 2.19. The van der Waals surface area contributed by atoms with Gasteiger partial charge in [0.1, 0.15) is 25.1 Å². The second-order valence-corrected chi connectivity index (χ2v) is 8.09. The lowest BCUT2D eigenvalue weighted by Gasteiger charge is -2.26. The van der Waals surface area contributed by atoms with Gasteiger partial charge in [0.25, 0.3) is 0 Å². The van der Waals surface area contributed by atoms with Crippen molar-refractivity contribution >= 4 is 15.7 Å². The number of rotatable bonds is 9. The lowest BCUT2D eigenvalue weighted by Crippen LogP contribution is -2.39. The van der Waals surface area contributed by atoms with Gasteiger partial charge in [0.15, 0.2) is 11.5 Å². The number of nitrogens with one attached hydrogen (secondary N) is 2. The normalized spacial score (nSPS) is 16.0. The van der Waals surface area contributed by atoms with Crippen molar-refractivity contribution < 1.29 is 22.6 Å². The van der Waals surface area contributed by atoms with Gasteiger partial charge in [-0.1, -0.05) is 12.1 Å². The van der Waals surface area contributed by atoms with Gasteiger partial charge in [-0.2, -0.15) is 0 Å². The molecule has 1 atom stereocenters. The van der Waals surface area contributed by atoms with Crippen molar-refractivity contribution in [1.29, 1.82) is 0 Å². The molecule has 1 heterocycles. The summed E-state index contributed by atoms with van der Waals surface area (Å²) in [7, 11) is -3.26. The zero-order valence-corrected chi connectivity index (χ0v) is 16.0. The molecule has 0 saturated heterocycles. The van der Waals surface area contributed by atoms with Crippen molar-refractivity contribution in [3.8, 4) is 17.2 Å². The maximum atomic E-state index is 11.5. The molecule has 0 fully saturated rings. The molecule has 0 saturated carbocycles. The standard InChI is InChI=1S/C19H24N2O5S/c1-2-27(22,23)21-15-7-9-16(10-8-15)24-12-11-20-13-17-14-25-18-5-3-4-6-19(18)26-17/h3-10,17,20-21H,2,11-14H2,1H3. The third kappa shape index (κ3) is 5.77. The number of hydrogen-bond acceptors (Lipinski definition) is 6. The van der Waals surface area contributed by atoms with E-state index in [1.54, 1.807) is 31.2 Å². The largest absolute Gasteiger partial charge is 0.492 e. The summed E-state index contributed by atoms with van der Waals surface area (Å²) in [5, 5.41) is 3.28. The third-order valence-corrected chi connectivity index (χ3v) is 5.30. The van der Waals surface area contributed by atoms with Crippen molar-refractivity contribution in [3.05, 3.63) is 48.5 Å². The van der Waals surface area contributed by atoms with Crippen LogP contribution in [0, 0.1) is 0 Å². The molecular weight excluding hydrogens is 368 g/mol. The van der Waals surface area contributed by atoms with Crippen LogP contribution >= 0.6 is 0 Å². The summed E-state index contributed by atoms with van der Waals surface area (Å²) in [6.07, 6.45) is -0.0363. The molecule has 0 radical (unpaired) electrons. The number of benzene rings is 2. The molecule has 0 aliphatic carbocycles. The van der Waals surface area contributed by atoms with Crippen LogP contribution in [-0.4, -0.2) is 46.6 Å². The number of fused-ring (bicyclic) bond motifs is 1. The number of hydrogen-bond donors (Lipinski definition) is 2. The Kier molecular flexibility index (Phi) is 6.41. The average Bonchev–Trinajstić information content (AvgIpc) is 2.68. The summed E-state index contributed by atoms with van der Waals surface area (Å²) in [6.45, 7) is 3.92. The molecule has 1 aliphatic rings. The first-order chi connectivity index (χ1) is 13.1. The van der Waals surface area contributed by atoms with E-state index >= 15 is 0 Å². The van der Waals surface area contributed by atoms with E-state index in [1.807, 2.05) is 24.3 Å². The van der Waals surface area contributed by atoms with Gasteiger partial charge < -0.3 is 19.5 Å². The topological polar surface area (TPSA) is 85.9 Å². The van der Waals surface area contributed by atoms with Gasteiger partial charge in [-0.25, -0.2) is 8.42 Å². The van der Waals surface area contributed by atoms with E-state index < -0.39 is 10.0 Å². The third-order valence-electron chi connectivity index (χ3n) is 3.99. The lowest BCUT2D eigenvalue weighted by atomic mass is 10.2. The van der Waals surface area contributed by atoms with Crippen LogP contribution in [0.2, 0.25) is 0 Å². The Labute approximate surface area is 159 Å². The zero-order valence-electron chi connectivity index (χ0n) is 15.2. The summed E-state index contributed by atoms with van der Waals surface area (Å²) >= 11 is 0. The Balaban J connectivity index is 1.35. The molecule has 27 heavy (non-hydrogen) atoms. The highest BCUT2D eigenvalue weighted by atomic mass is 32.2. The lowest BCUT2D eigenvalue weighted by molar-refractivity contribution is 0.0897. The Hall–Kier alpha value is -2.45. The molecule has 0 aromatic heterocycles.